The first-order chi connectivity index (χ1) is 9.96. The topological polar surface area (TPSA) is 58.6 Å². The van der Waals surface area contributed by atoms with E-state index in [-0.39, 0.29) is 11.8 Å². The summed E-state index contributed by atoms with van der Waals surface area (Å²) in [4.78, 5) is 26.6. The van der Waals surface area contributed by atoms with Gasteiger partial charge in [0.15, 0.2) is 0 Å². The van der Waals surface area contributed by atoms with Crippen LogP contribution in [0, 0.1) is 0 Å². The highest BCUT2D eigenvalue weighted by Gasteiger charge is 2.45. The largest absolute Gasteiger partial charge is 0.383 e. The standard InChI is InChI=1S/C16H22N2O3/c1-16(2)15(20)17-13(11-12-7-5-4-6-8-12)14(19)18(16)9-10-21-3/h4-8,13H,9-11H2,1-3H3,(H,17,20). The molecule has 1 aliphatic heterocycles. The Morgan fingerprint density at radius 2 is 1.90 bits per heavy atom. The van der Waals surface area contributed by atoms with Crippen molar-refractivity contribution in [3.05, 3.63) is 35.9 Å². The van der Waals surface area contributed by atoms with E-state index in [4.69, 9.17) is 4.74 Å². The monoisotopic (exact) mass is 290 g/mol. The Balaban J connectivity index is 2.17. The highest BCUT2D eigenvalue weighted by molar-refractivity contribution is 5.99. The van der Waals surface area contributed by atoms with Crippen molar-refractivity contribution in [3.8, 4) is 0 Å². The second-order valence-electron chi connectivity index (χ2n) is 5.76. The van der Waals surface area contributed by atoms with Gasteiger partial charge < -0.3 is 15.0 Å². The van der Waals surface area contributed by atoms with Gasteiger partial charge in [-0.1, -0.05) is 30.3 Å². The van der Waals surface area contributed by atoms with Crippen LogP contribution in [0.15, 0.2) is 30.3 Å². The number of benzene rings is 1. The van der Waals surface area contributed by atoms with Gasteiger partial charge in [-0.25, -0.2) is 0 Å². The third-order valence-corrected chi connectivity index (χ3v) is 3.90. The van der Waals surface area contributed by atoms with Gasteiger partial charge in [-0.05, 0) is 19.4 Å². The number of amides is 2. The highest BCUT2D eigenvalue weighted by atomic mass is 16.5. The second-order valence-corrected chi connectivity index (χ2v) is 5.76. The van der Waals surface area contributed by atoms with Crippen molar-refractivity contribution in [1.29, 1.82) is 0 Å². The van der Waals surface area contributed by atoms with Crippen LogP contribution in [0.4, 0.5) is 0 Å². The van der Waals surface area contributed by atoms with E-state index in [2.05, 4.69) is 5.32 Å². The van der Waals surface area contributed by atoms with Crippen molar-refractivity contribution < 1.29 is 14.3 Å². The van der Waals surface area contributed by atoms with Crippen molar-refractivity contribution in [1.82, 2.24) is 10.2 Å². The number of ether oxygens (including phenoxy) is 1. The van der Waals surface area contributed by atoms with E-state index in [1.807, 2.05) is 30.3 Å². The average Bonchev–Trinajstić information content (AvgIpc) is 2.46. The fourth-order valence-electron chi connectivity index (χ4n) is 2.54. The van der Waals surface area contributed by atoms with E-state index in [0.29, 0.717) is 19.6 Å². The summed E-state index contributed by atoms with van der Waals surface area (Å²) >= 11 is 0. The molecule has 0 aromatic heterocycles. The molecule has 1 fully saturated rings. The van der Waals surface area contributed by atoms with E-state index in [1.165, 1.54) is 0 Å². The molecule has 0 saturated carbocycles. The van der Waals surface area contributed by atoms with Crippen LogP contribution in [-0.2, 0) is 20.7 Å². The normalized spacial score (nSPS) is 21.3. The van der Waals surface area contributed by atoms with Gasteiger partial charge in [0, 0.05) is 20.1 Å². The van der Waals surface area contributed by atoms with E-state index in [9.17, 15) is 9.59 Å². The highest BCUT2D eigenvalue weighted by Crippen LogP contribution is 2.22. The lowest BCUT2D eigenvalue weighted by molar-refractivity contribution is -0.156. The Labute approximate surface area is 125 Å². The summed E-state index contributed by atoms with van der Waals surface area (Å²) in [6.45, 7) is 4.35. The number of hydrogen-bond donors (Lipinski definition) is 1. The first-order valence-corrected chi connectivity index (χ1v) is 7.12. The zero-order valence-corrected chi connectivity index (χ0v) is 12.8. The fraction of sp³-hybridized carbons (Fsp3) is 0.500. The minimum absolute atomic E-state index is 0.0551. The summed E-state index contributed by atoms with van der Waals surface area (Å²) in [5.41, 5.74) is 0.186. The minimum atomic E-state index is -0.844. The van der Waals surface area contributed by atoms with Crippen molar-refractivity contribution in [2.45, 2.75) is 31.8 Å². The Morgan fingerprint density at radius 1 is 1.24 bits per heavy atom. The molecule has 1 aromatic rings. The molecule has 1 heterocycles. The summed E-state index contributed by atoms with van der Waals surface area (Å²) in [6.07, 6.45) is 0.505. The lowest BCUT2D eigenvalue weighted by atomic mass is 9.93. The van der Waals surface area contributed by atoms with Crippen molar-refractivity contribution >= 4 is 11.8 Å². The molecule has 1 atom stereocenters. The maximum absolute atomic E-state index is 12.7. The molecule has 1 aromatic carbocycles. The first kappa shape index (κ1) is 15.5. The molecule has 0 bridgehead atoms. The number of nitrogens with zero attached hydrogens (tertiary/aromatic N) is 1. The predicted octanol–water partition coefficient (Wildman–Crippen LogP) is 0.981. The molecule has 5 heteroatoms. The number of methoxy groups -OCH3 is 1. The quantitative estimate of drug-likeness (QED) is 0.879. The molecule has 2 amide bonds. The SMILES string of the molecule is COCCN1C(=O)C(Cc2ccccc2)NC(=O)C1(C)C. The van der Waals surface area contributed by atoms with Gasteiger partial charge in [0.25, 0.3) is 0 Å². The van der Waals surface area contributed by atoms with Crippen LogP contribution >= 0.6 is 0 Å². The minimum Gasteiger partial charge on any atom is -0.383 e. The molecule has 0 radical (unpaired) electrons. The molecule has 1 N–H and O–H groups in total. The summed E-state index contributed by atoms with van der Waals surface area (Å²) in [6, 6.07) is 9.19. The molecule has 21 heavy (non-hydrogen) atoms. The zero-order valence-electron chi connectivity index (χ0n) is 12.8. The van der Waals surface area contributed by atoms with Crippen LogP contribution in [0.25, 0.3) is 0 Å². The molecular formula is C16H22N2O3. The van der Waals surface area contributed by atoms with Crippen molar-refractivity contribution in [2.75, 3.05) is 20.3 Å². The lowest BCUT2D eigenvalue weighted by Crippen LogP contribution is -2.69. The van der Waals surface area contributed by atoms with Gasteiger partial charge in [0.2, 0.25) is 11.8 Å². The fourth-order valence-corrected chi connectivity index (χ4v) is 2.54. The van der Waals surface area contributed by atoms with Gasteiger partial charge in [0.05, 0.1) is 6.61 Å². The Morgan fingerprint density at radius 3 is 2.52 bits per heavy atom. The molecule has 1 aliphatic rings. The van der Waals surface area contributed by atoms with Gasteiger partial charge in [-0.3, -0.25) is 9.59 Å². The molecule has 2 rings (SSSR count). The first-order valence-electron chi connectivity index (χ1n) is 7.12. The summed E-state index contributed by atoms with van der Waals surface area (Å²) in [7, 11) is 1.59. The maximum Gasteiger partial charge on any atom is 0.246 e. The molecule has 0 aliphatic carbocycles. The summed E-state index contributed by atoms with van der Waals surface area (Å²) < 4.78 is 5.05. The van der Waals surface area contributed by atoms with Crippen LogP contribution in [0.2, 0.25) is 0 Å². The summed E-state index contributed by atoms with van der Waals surface area (Å²) in [5, 5.41) is 2.84. The number of nitrogens with one attached hydrogen (secondary N) is 1. The second kappa shape index (κ2) is 6.26. The van der Waals surface area contributed by atoms with Crippen LogP contribution in [0.3, 0.4) is 0 Å². The zero-order chi connectivity index (χ0) is 15.5. The number of piperazine rings is 1. The van der Waals surface area contributed by atoms with E-state index in [1.54, 1.807) is 25.9 Å². The van der Waals surface area contributed by atoms with E-state index in [0.717, 1.165) is 5.56 Å². The van der Waals surface area contributed by atoms with Crippen molar-refractivity contribution in [2.24, 2.45) is 0 Å². The van der Waals surface area contributed by atoms with Gasteiger partial charge in [-0.15, -0.1) is 0 Å². The maximum atomic E-state index is 12.7. The molecule has 5 nitrogen and oxygen atoms in total. The van der Waals surface area contributed by atoms with Gasteiger partial charge in [0.1, 0.15) is 11.6 Å². The average molecular weight is 290 g/mol. The van der Waals surface area contributed by atoms with Crippen molar-refractivity contribution in [3.63, 3.8) is 0 Å². The molecule has 1 unspecified atom stereocenters. The number of rotatable bonds is 5. The lowest BCUT2D eigenvalue weighted by Gasteiger charge is -2.44. The third-order valence-electron chi connectivity index (χ3n) is 3.90. The molecule has 114 valence electrons. The van der Waals surface area contributed by atoms with Crippen LogP contribution in [-0.4, -0.2) is 48.6 Å². The van der Waals surface area contributed by atoms with E-state index >= 15 is 0 Å². The Bertz CT molecular complexity index is 514. The van der Waals surface area contributed by atoms with Crippen LogP contribution in [0.1, 0.15) is 19.4 Å². The third kappa shape index (κ3) is 3.24. The molecular weight excluding hydrogens is 268 g/mol. The van der Waals surface area contributed by atoms with Gasteiger partial charge >= 0.3 is 0 Å². The van der Waals surface area contributed by atoms with Crippen LogP contribution in [0.5, 0.6) is 0 Å². The number of carbonyl (C=O) groups excluding carboxylic acids is 2. The van der Waals surface area contributed by atoms with Crippen LogP contribution < -0.4 is 5.32 Å². The number of hydrogen-bond acceptors (Lipinski definition) is 3. The van der Waals surface area contributed by atoms with E-state index < -0.39 is 11.6 Å². The Kier molecular flexibility index (Phi) is 4.63. The predicted molar refractivity (Wildman–Crippen MR) is 79.7 cm³/mol. The smallest absolute Gasteiger partial charge is 0.246 e. The molecule has 1 saturated heterocycles. The summed E-state index contributed by atoms with van der Waals surface area (Å²) in [5.74, 6) is -0.181. The Hall–Kier alpha value is -1.88. The molecule has 0 spiro atoms. The van der Waals surface area contributed by atoms with Gasteiger partial charge in [-0.2, -0.15) is 0 Å². The number of carbonyl (C=O) groups is 2.